The lowest BCUT2D eigenvalue weighted by Gasteiger charge is -2.28. The molecule has 120 valence electrons. The summed E-state index contributed by atoms with van der Waals surface area (Å²) in [4.78, 5) is 23.7. The summed E-state index contributed by atoms with van der Waals surface area (Å²) in [6, 6.07) is 5.25. The van der Waals surface area contributed by atoms with Crippen LogP contribution in [0.15, 0.2) is 30.3 Å². The van der Waals surface area contributed by atoms with Gasteiger partial charge in [0, 0.05) is 6.42 Å². The number of rotatable bonds is 5. The number of hydrogen-bond donors (Lipinski definition) is 1. The summed E-state index contributed by atoms with van der Waals surface area (Å²) >= 11 is 0. The molecule has 0 heterocycles. The van der Waals surface area contributed by atoms with Gasteiger partial charge >= 0.3 is 5.97 Å². The molecule has 1 N–H and O–H groups in total. The van der Waals surface area contributed by atoms with Crippen LogP contribution in [-0.4, -0.2) is 25.0 Å². The molecule has 0 saturated carbocycles. The number of carbonyl (C=O) groups excluding carboxylic acids is 2. The summed E-state index contributed by atoms with van der Waals surface area (Å²) in [5, 5.41) is 2.68. The maximum atomic E-state index is 12.8. The summed E-state index contributed by atoms with van der Waals surface area (Å²) in [6.45, 7) is 5.55. The number of amides is 1. The SMILES string of the molecule is COC(=O)[C@@H](NC(=O)C/C=C/c1ccc(F)cc1)C(C)(C)C. The first kappa shape index (κ1) is 17.9. The highest BCUT2D eigenvalue weighted by Gasteiger charge is 2.33. The Hall–Kier alpha value is -2.17. The van der Waals surface area contributed by atoms with Gasteiger partial charge in [0.05, 0.1) is 7.11 Å². The molecule has 0 aliphatic carbocycles. The molecular formula is C17H22FNO3. The predicted octanol–water partition coefficient (Wildman–Crippen LogP) is 2.93. The first-order valence-electron chi connectivity index (χ1n) is 7.03. The first-order chi connectivity index (χ1) is 10.2. The number of hydrogen-bond acceptors (Lipinski definition) is 3. The molecule has 0 aliphatic rings. The Labute approximate surface area is 130 Å². The summed E-state index contributed by atoms with van der Waals surface area (Å²) < 4.78 is 17.5. The molecule has 0 bridgehead atoms. The number of halogens is 1. The molecule has 0 spiro atoms. The lowest BCUT2D eigenvalue weighted by atomic mass is 9.86. The fourth-order valence-corrected chi connectivity index (χ4v) is 1.84. The minimum atomic E-state index is -0.704. The maximum Gasteiger partial charge on any atom is 0.328 e. The number of methoxy groups -OCH3 is 1. The molecule has 0 aromatic heterocycles. The van der Waals surface area contributed by atoms with Gasteiger partial charge < -0.3 is 10.1 Å². The lowest BCUT2D eigenvalue weighted by molar-refractivity contribution is -0.148. The van der Waals surface area contributed by atoms with E-state index in [1.54, 1.807) is 24.3 Å². The van der Waals surface area contributed by atoms with Crippen molar-refractivity contribution in [3.8, 4) is 0 Å². The normalized spacial score (nSPS) is 13.0. The van der Waals surface area contributed by atoms with Crippen molar-refractivity contribution in [2.24, 2.45) is 5.41 Å². The monoisotopic (exact) mass is 307 g/mol. The van der Waals surface area contributed by atoms with Crippen molar-refractivity contribution in [2.75, 3.05) is 7.11 Å². The molecule has 0 fully saturated rings. The van der Waals surface area contributed by atoms with Crippen molar-refractivity contribution in [2.45, 2.75) is 33.2 Å². The highest BCUT2D eigenvalue weighted by atomic mass is 19.1. The minimum absolute atomic E-state index is 0.126. The third kappa shape index (κ3) is 5.68. The second-order valence-electron chi connectivity index (χ2n) is 6.05. The van der Waals surface area contributed by atoms with Crippen molar-refractivity contribution in [1.29, 1.82) is 0 Å². The maximum absolute atomic E-state index is 12.8. The molecule has 5 heteroatoms. The number of ether oxygens (including phenoxy) is 1. The van der Waals surface area contributed by atoms with Gasteiger partial charge in [0.1, 0.15) is 11.9 Å². The van der Waals surface area contributed by atoms with E-state index < -0.39 is 17.4 Å². The van der Waals surface area contributed by atoms with Crippen LogP contribution >= 0.6 is 0 Å². The van der Waals surface area contributed by atoms with Crippen LogP contribution in [0.5, 0.6) is 0 Å². The number of nitrogens with one attached hydrogen (secondary N) is 1. The molecule has 1 atom stereocenters. The van der Waals surface area contributed by atoms with Crippen molar-refractivity contribution in [3.05, 3.63) is 41.7 Å². The topological polar surface area (TPSA) is 55.4 Å². The van der Waals surface area contributed by atoms with Crippen LogP contribution < -0.4 is 5.32 Å². The van der Waals surface area contributed by atoms with Crippen LogP contribution in [0.2, 0.25) is 0 Å². The summed E-state index contributed by atoms with van der Waals surface area (Å²) in [6.07, 6.45) is 3.52. The van der Waals surface area contributed by atoms with Crippen LogP contribution in [0, 0.1) is 11.2 Å². The number of carbonyl (C=O) groups is 2. The van der Waals surface area contributed by atoms with Crippen molar-refractivity contribution in [1.82, 2.24) is 5.32 Å². The van der Waals surface area contributed by atoms with E-state index in [0.29, 0.717) is 0 Å². The molecule has 1 aromatic rings. The quantitative estimate of drug-likeness (QED) is 0.851. The van der Waals surface area contributed by atoms with E-state index >= 15 is 0 Å². The van der Waals surface area contributed by atoms with E-state index in [9.17, 15) is 14.0 Å². The highest BCUT2D eigenvalue weighted by molar-refractivity contribution is 5.86. The zero-order valence-corrected chi connectivity index (χ0v) is 13.4. The third-order valence-corrected chi connectivity index (χ3v) is 3.09. The first-order valence-corrected chi connectivity index (χ1v) is 7.03. The van der Waals surface area contributed by atoms with E-state index in [1.807, 2.05) is 20.8 Å². The Balaban J connectivity index is 2.60. The van der Waals surface area contributed by atoms with Gasteiger partial charge in [-0.25, -0.2) is 9.18 Å². The smallest absolute Gasteiger partial charge is 0.328 e. The zero-order valence-electron chi connectivity index (χ0n) is 13.4. The largest absolute Gasteiger partial charge is 0.467 e. The van der Waals surface area contributed by atoms with Gasteiger partial charge in [-0.2, -0.15) is 0 Å². The van der Waals surface area contributed by atoms with Crippen molar-refractivity contribution in [3.63, 3.8) is 0 Å². The van der Waals surface area contributed by atoms with Crippen LogP contribution in [-0.2, 0) is 14.3 Å². The van der Waals surface area contributed by atoms with Crippen molar-refractivity contribution >= 4 is 18.0 Å². The fourth-order valence-electron chi connectivity index (χ4n) is 1.84. The average Bonchev–Trinajstić information content (AvgIpc) is 2.45. The minimum Gasteiger partial charge on any atom is -0.467 e. The molecule has 1 amide bonds. The molecular weight excluding hydrogens is 285 g/mol. The zero-order chi connectivity index (χ0) is 16.8. The molecule has 0 unspecified atom stereocenters. The standard InChI is InChI=1S/C17H22FNO3/c1-17(2,3)15(16(21)22-4)19-14(20)7-5-6-12-8-10-13(18)11-9-12/h5-6,8-11,15H,7H2,1-4H3,(H,19,20)/b6-5+/t15-/m1/s1. The summed E-state index contributed by atoms with van der Waals surface area (Å²) in [5.74, 6) is -1.05. The van der Waals surface area contributed by atoms with Crippen LogP contribution in [0.25, 0.3) is 6.08 Å². The fraction of sp³-hybridized carbons (Fsp3) is 0.412. The molecule has 0 aliphatic heterocycles. The molecule has 1 aromatic carbocycles. The van der Waals surface area contributed by atoms with E-state index in [-0.39, 0.29) is 18.1 Å². The second-order valence-corrected chi connectivity index (χ2v) is 6.05. The van der Waals surface area contributed by atoms with Gasteiger partial charge in [-0.1, -0.05) is 45.1 Å². The Morgan fingerprint density at radius 1 is 1.27 bits per heavy atom. The van der Waals surface area contributed by atoms with E-state index in [1.165, 1.54) is 19.2 Å². The number of benzene rings is 1. The molecule has 4 nitrogen and oxygen atoms in total. The Kier molecular flexibility index (Phi) is 6.28. The summed E-state index contributed by atoms with van der Waals surface area (Å²) in [7, 11) is 1.29. The van der Waals surface area contributed by atoms with Crippen LogP contribution in [0.4, 0.5) is 4.39 Å². The Morgan fingerprint density at radius 2 is 1.86 bits per heavy atom. The Bertz CT molecular complexity index is 544. The van der Waals surface area contributed by atoms with E-state index in [4.69, 9.17) is 4.74 Å². The van der Waals surface area contributed by atoms with E-state index in [2.05, 4.69) is 5.32 Å². The average molecular weight is 307 g/mol. The Morgan fingerprint density at radius 3 is 2.36 bits per heavy atom. The summed E-state index contributed by atoms with van der Waals surface area (Å²) in [5.41, 5.74) is 0.359. The van der Waals surface area contributed by atoms with E-state index in [0.717, 1.165) is 5.56 Å². The highest BCUT2D eigenvalue weighted by Crippen LogP contribution is 2.20. The van der Waals surface area contributed by atoms with Crippen LogP contribution in [0.1, 0.15) is 32.8 Å². The second kappa shape index (κ2) is 7.73. The van der Waals surface area contributed by atoms with Gasteiger partial charge in [-0.15, -0.1) is 0 Å². The van der Waals surface area contributed by atoms with Crippen LogP contribution in [0.3, 0.4) is 0 Å². The van der Waals surface area contributed by atoms with Gasteiger partial charge in [-0.3, -0.25) is 4.79 Å². The lowest BCUT2D eigenvalue weighted by Crippen LogP contribution is -2.49. The van der Waals surface area contributed by atoms with Gasteiger partial charge in [-0.05, 0) is 23.1 Å². The van der Waals surface area contributed by atoms with Gasteiger partial charge in [0.15, 0.2) is 0 Å². The van der Waals surface area contributed by atoms with Crippen molar-refractivity contribution < 1.29 is 18.7 Å². The third-order valence-electron chi connectivity index (χ3n) is 3.09. The molecule has 1 rings (SSSR count). The van der Waals surface area contributed by atoms with Gasteiger partial charge in [0.2, 0.25) is 5.91 Å². The predicted molar refractivity (Wildman–Crippen MR) is 83.5 cm³/mol. The number of esters is 1. The molecule has 22 heavy (non-hydrogen) atoms. The van der Waals surface area contributed by atoms with Gasteiger partial charge in [0.25, 0.3) is 0 Å². The molecule has 0 radical (unpaired) electrons. The molecule has 0 saturated heterocycles.